The Labute approximate surface area is 153 Å². The molecule has 0 aliphatic carbocycles. The number of halogens is 1. The first-order valence-electron chi connectivity index (χ1n) is 7.81. The molecule has 0 saturated carbocycles. The van der Waals surface area contributed by atoms with Gasteiger partial charge in [-0.3, -0.25) is 4.79 Å². The van der Waals surface area contributed by atoms with Crippen LogP contribution in [-0.4, -0.2) is 20.9 Å². The highest BCUT2D eigenvalue weighted by Crippen LogP contribution is 2.35. The van der Waals surface area contributed by atoms with Crippen molar-refractivity contribution in [1.82, 2.24) is 9.78 Å². The number of hydrogen-bond donors (Lipinski definition) is 1. The molecule has 0 atom stereocenters. The maximum atomic E-state index is 11.5. The molecule has 26 heavy (non-hydrogen) atoms. The van der Waals surface area contributed by atoms with Crippen LogP contribution in [0.15, 0.2) is 69.9 Å². The number of rotatable bonds is 5. The molecule has 0 unspecified atom stereocenters. The SMILES string of the molecule is O=C(O)Cc1c(-c2ccco2)nn(-c2ccc(Cl)cc2)c1-c1ccco1. The number of aromatic nitrogens is 2. The zero-order chi connectivity index (χ0) is 18.1. The van der Waals surface area contributed by atoms with Crippen LogP contribution in [0.2, 0.25) is 5.02 Å². The van der Waals surface area contributed by atoms with Gasteiger partial charge in [-0.1, -0.05) is 11.6 Å². The molecule has 0 spiro atoms. The molecule has 7 heteroatoms. The molecule has 130 valence electrons. The fourth-order valence-electron chi connectivity index (χ4n) is 2.82. The third-order valence-corrected chi connectivity index (χ3v) is 4.14. The third kappa shape index (κ3) is 2.91. The summed E-state index contributed by atoms with van der Waals surface area (Å²) in [6.07, 6.45) is 2.83. The Morgan fingerprint density at radius 2 is 1.69 bits per heavy atom. The fraction of sp³-hybridized carbons (Fsp3) is 0.0526. The highest BCUT2D eigenvalue weighted by atomic mass is 35.5. The van der Waals surface area contributed by atoms with Crippen molar-refractivity contribution in [2.45, 2.75) is 6.42 Å². The van der Waals surface area contributed by atoms with Crippen LogP contribution in [0.1, 0.15) is 5.56 Å². The first kappa shape index (κ1) is 16.2. The van der Waals surface area contributed by atoms with E-state index in [0.29, 0.717) is 33.5 Å². The van der Waals surface area contributed by atoms with Crippen molar-refractivity contribution in [3.8, 4) is 28.6 Å². The lowest BCUT2D eigenvalue weighted by atomic mass is 10.1. The lowest BCUT2D eigenvalue weighted by Crippen LogP contribution is -2.03. The summed E-state index contributed by atoms with van der Waals surface area (Å²) in [4.78, 5) is 11.5. The van der Waals surface area contributed by atoms with Gasteiger partial charge in [0.25, 0.3) is 0 Å². The summed E-state index contributed by atoms with van der Waals surface area (Å²) < 4.78 is 12.7. The second kappa shape index (κ2) is 6.57. The number of furan rings is 2. The van der Waals surface area contributed by atoms with E-state index in [1.54, 1.807) is 53.2 Å². The van der Waals surface area contributed by atoms with Crippen molar-refractivity contribution in [2.24, 2.45) is 0 Å². The Bertz CT molecular complexity index is 1030. The van der Waals surface area contributed by atoms with Crippen molar-refractivity contribution >= 4 is 17.6 Å². The Hall–Kier alpha value is -3.25. The molecule has 3 aromatic heterocycles. The van der Waals surface area contributed by atoms with Gasteiger partial charge in [-0.25, -0.2) is 4.68 Å². The predicted molar refractivity (Wildman–Crippen MR) is 95.3 cm³/mol. The number of hydrogen-bond acceptors (Lipinski definition) is 4. The minimum Gasteiger partial charge on any atom is -0.481 e. The van der Waals surface area contributed by atoms with Crippen molar-refractivity contribution < 1.29 is 18.7 Å². The molecule has 0 radical (unpaired) electrons. The number of benzene rings is 1. The van der Waals surface area contributed by atoms with Gasteiger partial charge in [0.15, 0.2) is 11.5 Å². The smallest absolute Gasteiger partial charge is 0.307 e. The van der Waals surface area contributed by atoms with Crippen LogP contribution in [0.3, 0.4) is 0 Å². The van der Waals surface area contributed by atoms with Crippen LogP contribution >= 0.6 is 11.6 Å². The zero-order valence-corrected chi connectivity index (χ0v) is 14.2. The Kier molecular flexibility index (Phi) is 4.10. The number of carboxylic acid groups (broad SMARTS) is 1. The number of carboxylic acids is 1. The summed E-state index contributed by atoms with van der Waals surface area (Å²) in [5, 5.41) is 14.6. The highest BCUT2D eigenvalue weighted by Gasteiger charge is 2.26. The van der Waals surface area contributed by atoms with Crippen LogP contribution in [0.4, 0.5) is 0 Å². The average molecular weight is 369 g/mol. The number of nitrogens with zero attached hydrogens (tertiary/aromatic N) is 2. The third-order valence-electron chi connectivity index (χ3n) is 3.89. The van der Waals surface area contributed by atoms with E-state index in [0.717, 1.165) is 5.69 Å². The van der Waals surface area contributed by atoms with Crippen LogP contribution in [0.5, 0.6) is 0 Å². The van der Waals surface area contributed by atoms with Crippen LogP contribution in [-0.2, 0) is 11.2 Å². The zero-order valence-electron chi connectivity index (χ0n) is 13.4. The molecule has 0 fully saturated rings. The molecule has 0 saturated heterocycles. The van der Waals surface area contributed by atoms with E-state index in [1.165, 1.54) is 12.5 Å². The van der Waals surface area contributed by atoms with E-state index in [2.05, 4.69) is 5.10 Å². The van der Waals surface area contributed by atoms with Gasteiger partial charge in [-0.2, -0.15) is 5.10 Å². The Morgan fingerprint density at radius 1 is 1.04 bits per heavy atom. The number of aliphatic carboxylic acids is 1. The average Bonchev–Trinajstić information content (AvgIpc) is 3.35. The van der Waals surface area contributed by atoms with Gasteiger partial charge in [-0.05, 0) is 48.5 Å². The van der Waals surface area contributed by atoms with Crippen molar-refractivity contribution in [3.05, 3.63) is 71.6 Å². The molecule has 0 amide bonds. The van der Waals surface area contributed by atoms with Gasteiger partial charge < -0.3 is 13.9 Å². The molecular weight excluding hydrogens is 356 g/mol. The first-order chi connectivity index (χ1) is 12.6. The van der Waals surface area contributed by atoms with Crippen molar-refractivity contribution in [2.75, 3.05) is 0 Å². The van der Waals surface area contributed by atoms with E-state index in [1.807, 2.05) is 0 Å². The van der Waals surface area contributed by atoms with Gasteiger partial charge in [0, 0.05) is 10.6 Å². The molecule has 4 aromatic rings. The lowest BCUT2D eigenvalue weighted by Gasteiger charge is -2.07. The van der Waals surface area contributed by atoms with E-state index >= 15 is 0 Å². The first-order valence-corrected chi connectivity index (χ1v) is 8.18. The van der Waals surface area contributed by atoms with E-state index in [-0.39, 0.29) is 6.42 Å². The maximum absolute atomic E-state index is 11.5. The van der Waals surface area contributed by atoms with Gasteiger partial charge >= 0.3 is 5.97 Å². The van der Waals surface area contributed by atoms with Crippen LogP contribution in [0.25, 0.3) is 28.6 Å². The summed E-state index contributed by atoms with van der Waals surface area (Å²) in [5.41, 5.74) is 2.26. The summed E-state index contributed by atoms with van der Waals surface area (Å²) in [6, 6.07) is 14.1. The summed E-state index contributed by atoms with van der Waals surface area (Å²) in [6.45, 7) is 0. The maximum Gasteiger partial charge on any atom is 0.307 e. The summed E-state index contributed by atoms with van der Waals surface area (Å²) in [5.74, 6) is 0.0320. The predicted octanol–water partition coefficient (Wildman–Crippen LogP) is 4.67. The molecule has 0 bridgehead atoms. The Balaban J connectivity index is 2.01. The molecule has 4 rings (SSSR count). The molecule has 1 N–H and O–H groups in total. The van der Waals surface area contributed by atoms with Gasteiger partial charge in [-0.15, -0.1) is 0 Å². The molecule has 3 heterocycles. The second-order valence-electron chi connectivity index (χ2n) is 5.59. The largest absolute Gasteiger partial charge is 0.481 e. The Morgan fingerprint density at radius 3 is 2.27 bits per heavy atom. The molecule has 6 nitrogen and oxygen atoms in total. The van der Waals surface area contributed by atoms with E-state index in [4.69, 9.17) is 20.4 Å². The molecule has 0 aliphatic heterocycles. The van der Waals surface area contributed by atoms with Crippen LogP contribution in [0, 0.1) is 0 Å². The molecule has 0 aliphatic rings. The topological polar surface area (TPSA) is 81.4 Å². The normalized spacial score (nSPS) is 11.0. The molecular formula is C19H13ClN2O4. The minimum atomic E-state index is -0.971. The highest BCUT2D eigenvalue weighted by molar-refractivity contribution is 6.30. The quantitative estimate of drug-likeness (QED) is 0.553. The molecule has 1 aromatic carbocycles. The van der Waals surface area contributed by atoms with Gasteiger partial charge in [0.05, 0.1) is 24.6 Å². The summed E-state index contributed by atoms with van der Waals surface area (Å²) in [7, 11) is 0. The second-order valence-corrected chi connectivity index (χ2v) is 6.03. The van der Waals surface area contributed by atoms with Gasteiger partial charge in [0.1, 0.15) is 11.4 Å². The van der Waals surface area contributed by atoms with Gasteiger partial charge in [0.2, 0.25) is 0 Å². The summed E-state index contributed by atoms with van der Waals surface area (Å²) >= 11 is 5.98. The minimum absolute atomic E-state index is 0.223. The standard InChI is InChI=1S/C19H13ClN2O4/c20-12-5-7-13(8-6-12)22-19(16-4-2-10-26-16)14(11-17(23)24)18(21-22)15-3-1-9-25-15/h1-10H,11H2,(H,23,24). The van der Waals surface area contributed by atoms with E-state index in [9.17, 15) is 9.90 Å². The van der Waals surface area contributed by atoms with Crippen LogP contribution < -0.4 is 0 Å². The monoisotopic (exact) mass is 368 g/mol. The van der Waals surface area contributed by atoms with Crippen molar-refractivity contribution in [1.29, 1.82) is 0 Å². The fourth-order valence-corrected chi connectivity index (χ4v) is 2.94. The van der Waals surface area contributed by atoms with Crippen molar-refractivity contribution in [3.63, 3.8) is 0 Å². The number of carbonyl (C=O) groups is 1. The lowest BCUT2D eigenvalue weighted by molar-refractivity contribution is -0.136. The van der Waals surface area contributed by atoms with E-state index < -0.39 is 5.97 Å².